The molecular formula is C16H14N4O3. The first-order chi connectivity index (χ1) is 11.2. The molecule has 2 aromatic rings. The van der Waals surface area contributed by atoms with Gasteiger partial charge in [-0.2, -0.15) is 5.10 Å². The Morgan fingerprint density at radius 2 is 2.30 bits per heavy atom. The molecule has 0 spiro atoms. The van der Waals surface area contributed by atoms with Crippen LogP contribution >= 0.6 is 0 Å². The van der Waals surface area contributed by atoms with E-state index >= 15 is 0 Å². The first kappa shape index (κ1) is 14.7. The molecule has 0 radical (unpaired) electrons. The van der Waals surface area contributed by atoms with Gasteiger partial charge in [0.25, 0.3) is 5.91 Å². The minimum Gasteiger partial charge on any atom is -0.462 e. The van der Waals surface area contributed by atoms with Crippen molar-refractivity contribution in [2.24, 2.45) is 5.10 Å². The zero-order chi connectivity index (χ0) is 16.2. The van der Waals surface area contributed by atoms with E-state index in [1.54, 1.807) is 37.5 Å². The average molecular weight is 310 g/mol. The number of hydrazone groups is 1. The van der Waals surface area contributed by atoms with E-state index in [0.717, 1.165) is 5.56 Å². The minimum atomic E-state index is -0.412. The minimum absolute atomic E-state index is 0.306. The molecule has 0 unspecified atom stereocenters. The summed E-state index contributed by atoms with van der Waals surface area (Å²) in [7, 11) is 0. The molecule has 2 aromatic heterocycles. The molecular weight excluding hydrogens is 296 g/mol. The summed E-state index contributed by atoms with van der Waals surface area (Å²) in [5.41, 5.74) is 5.08. The molecule has 23 heavy (non-hydrogen) atoms. The molecule has 1 aliphatic heterocycles. The predicted molar refractivity (Wildman–Crippen MR) is 83.6 cm³/mol. The first-order valence-electron chi connectivity index (χ1n) is 7.05. The lowest BCUT2D eigenvalue weighted by molar-refractivity contribution is -0.116. The standard InChI is InChI=1S/C16H14N4O3/c1-2-23-16(22)11-6-12(18-9-11)7-13-14(19-20-15(13)21)10-4-3-5-17-8-10/h3-9,18H,2H2,1H3,(H,20,21)/b13-7+. The van der Waals surface area contributed by atoms with E-state index in [-0.39, 0.29) is 5.91 Å². The molecule has 0 aliphatic carbocycles. The number of aromatic amines is 1. The van der Waals surface area contributed by atoms with Gasteiger partial charge in [0.1, 0.15) is 5.71 Å². The second-order valence-electron chi connectivity index (χ2n) is 4.77. The van der Waals surface area contributed by atoms with Gasteiger partial charge in [-0.05, 0) is 31.2 Å². The van der Waals surface area contributed by atoms with Crippen molar-refractivity contribution in [1.82, 2.24) is 15.4 Å². The number of hydrogen-bond acceptors (Lipinski definition) is 5. The van der Waals surface area contributed by atoms with Crippen LogP contribution in [-0.4, -0.2) is 34.2 Å². The van der Waals surface area contributed by atoms with Gasteiger partial charge in [0.05, 0.1) is 17.7 Å². The Morgan fingerprint density at radius 1 is 1.43 bits per heavy atom. The van der Waals surface area contributed by atoms with Crippen LogP contribution in [0.4, 0.5) is 0 Å². The highest BCUT2D eigenvalue weighted by molar-refractivity contribution is 6.33. The molecule has 0 aromatic carbocycles. The van der Waals surface area contributed by atoms with E-state index in [2.05, 4.69) is 20.5 Å². The highest BCUT2D eigenvalue weighted by atomic mass is 16.5. The summed E-state index contributed by atoms with van der Waals surface area (Å²) in [4.78, 5) is 30.6. The number of pyridine rings is 1. The van der Waals surface area contributed by atoms with E-state index in [9.17, 15) is 9.59 Å². The molecule has 116 valence electrons. The summed E-state index contributed by atoms with van der Waals surface area (Å²) < 4.78 is 4.93. The number of carbonyl (C=O) groups excluding carboxylic acids is 2. The number of amides is 1. The van der Waals surface area contributed by atoms with Crippen LogP contribution in [0.25, 0.3) is 6.08 Å². The molecule has 3 rings (SSSR count). The predicted octanol–water partition coefficient (Wildman–Crippen LogP) is 1.50. The van der Waals surface area contributed by atoms with Crippen molar-refractivity contribution in [2.45, 2.75) is 6.92 Å². The fraction of sp³-hybridized carbons (Fsp3) is 0.125. The van der Waals surface area contributed by atoms with Gasteiger partial charge < -0.3 is 9.72 Å². The third-order valence-electron chi connectivity index (χ3n) is 3.22. The Balaban J connectivity index is 1.90. The van der Waals surface area contributed by atoms with Gasteiger partial charge in [-0.15, -0.1) is 0 Å². The maximum absolute atomic E-state index is 12.0. The molecule has 0 bridgehead atoms. The number of rotatable bonds is 4. The van der Waals surface area contributed by atoms with E-state index in [0.29, 0.717) is 29.1 Å². The number of H-pyrrole nitrogens is 1. The van der Waals surface area contributed by atoms with Crippen LogP contribution in [0.1, 0.15) is 28.5 Å². The van der Waals surface area contributed by atoms with Crippen molar-refractivity contribution >= 4 is 23.7 Å². The Labute approximate surface area is 132 Å². The fourth-order valence-electron chi connectivity index (χ4n) is 2.17. The van der Waals surface area contributed by atoms with Gasteiger partial charge in [0.2, 0.25) is 0 Å². The highest BCUT2D eigenvalue weighted by Gasteiger charge is 2.24. The van der Waals surface area contributed by atoms with Crippen LogP contribution < -0.4 is 5.43 Å². The van der Waals surface area contributed by atoms with Crippen LogP contribution in [0.5, 0.6) is 0 Å². The fourth-order valence-corrected chi connectivity index (χ4v) is 2.17. The van der Waals surface area contributed by atoms with Gasteiger partial charge in [-0.1, -0.05) is 0 Å². The van der Waals surface area contributed by atoms with Crippen LogP contribution in [-0.2, 0) is 9.53 Å². The monoisotopic (exact) mass is 310 g/mol. The largest absolute Gasteiger partial charge is 0.462 e. The number of carbonyl (C=O) groups is 2. The summed E-state index contributed by atoms with van der Waals surface area (Å²) in [6.07, 6.45) is 6.45. The average Bonchev–Trinajstić information content (AvgIpc) is 3.17. The molecule has 7 heteroatoms. The van der Waals surface area contributed by atoms with E-state index in [1.807, 2.05) is 6.07 Å². The quantitative estimate of drug-likeness (QED) is 0.660. The van der Waals surface area contributed by atoms with E-state index in [4.69, 9.17) is 4.74 Å². The smallest absolute Gasteiger partial charge is 0.339 e. The number of esters is 1. The third kappa shape index (κ3) is 3.03. The summed E-state index contributed by atoms with van der Waals surface area (Å²) in [6, 6.07) is 5.21. The summed E-state index contributed by atoms with van der Waals surface area (Å²) in [5, 5.41) is 4.04. The van der Waals surface area contributed by atoms with Gasteiger partial charge in [-0.3, -0.25) is 9.78 Å². The van der Waals surface area contributed by atoms with Crippen LogP contribution in [0, 0.1) is 0 Å². The molecule has 2 N–H and O–H groups in total. The first-order valence-corrected chi connectivity index (χ1v) is 7.05. The molecule has 0 fully saturated rings. The SMILES string of the molecule is CCOC(=O)c1c[nH]c(/C=C2/C(=O)NN=C2c2cccnc2)c1. The zero-order valence-electron chi connectivity index (χ0n) is 12.4. The number of nitrogens with one attached hydrogen (secondary N) is 2. The summed E-state index contributed by atoms with van der Waals surface area (Å²) in [5.74, 6) is -0.721. The molecule has 7 nitrogen and oxygen atoms in total. The number of aromatic nitrogens is 2. The van der Waals surface area contributed by atoms with Crippen molar-refractivity contribution in [3.63, 3.8) is 0 Å². The summed E-state index contributed by atoms with van der Waals surface area (Å²) >= 11 is 0. The summed E-state index contributed by atoms with van der Waals surface area (Å²) in [6.45, 7) is 2.05. The van der Waals surface area contributed by atoms with Crippen LogP contribution in [0.3, 0.4) is 0 Å². The van der Waals surface area contributed by atoms with E-state index in [1.165, 1.54) is 6.20 Å². The highest BCUT2D eigenvalue weighted by Crippen LogP contribution is 2.17. The topological polar surface area (TPSA) is 96.4 Å². The Hall–Kier alpha value is -3.22. The van der Waals surface area contributed by atoms with Gasteiger partial charge in [-0.25, -0.2) is 10.2 Å². The van der Waals surface area contributed by atoms with Gasteiger partial charge >= 0.3 is 5.97 Å². The zero-order valence-corrected chi connectivity index (χ0v) is 12.4. The molecule has 3 heterocycles. The number of nitrogens with zero attached hydrogens (tertiary/aromatic N) is 2. The molecule has 0 saturated carbocycles. The Morgan fingerprint density at radius 3 is 3.04 bits per heavy atom. The molecule has 1 aliphatic rings. The Bertz CT molecular complexity index is 806. The number of ether oxygens (including phenoxy) is 1. The van der Waals surface area contributed by atoms with Crippen LogP contribution in [0.15, 0.2) is 47.5 Å². The maximum Gasteiger partial charge on any atom is 0.339 e. The van der Waals surface area contributed by atoms with Crippen molar-refractivity contribution in [2.75, 3.05) is 6.61 Å². The van der Waals surface area contributed by atoms with Crippen molar-refractivity contribution in [3.8, 4) is 0 Å². The van der Waals surface area contributed by atoms with Crippen molar-refractivity contribution in [1.29, 1.82) is 0 Å². The van der Waals surface area contributed by atoms with Crippen molar-refractivity contribution < 1.29 is 14.3 Å². The number of hydrogen-bond donors (Lipinski definition) is 2. The van der Waals surface area contributed by atoms with Gasteiger partial charge in [0.15, 0.2) is 0 Å². The maximum atomic E-state index is 12.0. The van der Waals surface area contributed by atoms with Gasteiger partial charge in [0, 0.05) is 29.8 Å². The van der Waals surface area contributed by atoms with Crippen LogP contribution in [0.2, 0.25) is 0 Å². The lowest BCUT2D eigenvalue weighted by Crippen LogP contribution is -2.13. The molecule has 0 saturated heterocycles. The molecule has 1 amide bonds. The second-order valence-corrected chi connectivity index (χ2v) is 4.77. The Kier molecular flexibility index (Phi) is 4.01. The normalized spacial score (nSPS) is 15.4. The van der Waals surface area contributed by atoms with Crippen molar-refractivity contribution in [3.05, 3.63) is 59.2 Å². The van der Waals surface area contributed by atoms with E-state index < -0.39 is 5.97 Å². The second kappa shape index (κ2) is 6.27. The lowest BCUT2D eigenvalue weighted by atomic mass is 10.0. The molecule has 0 atom stereocenters. The lowest BCUT2D eigenvalue weighted by Gasteiger charge is -2.00. The third-order valence-corrected chi connectivity index (χ3v) is 3.22.